The number of aromatic hydroxyl groups is 1. The number of rotatable bonds is 10. The molecule has 1 fully saturated rings. The Labute approximate surface area is 214 Å². The van der Waals surface area contributed by atoms with Crippen molar-refractivity contribution in [2.24, 2.45) is 5.92 Å². The standard InChI is InChI=1S/C25H31ClN4O6/c26-19-13-16(22(32)29-14-15-4-3-5-17(31)12-15)7-8-18(19)23(33)30-21(25(35)36)9-11-28-24(34)20-6-1-2-10-27-20/h3-5,7,12-13,18,20-21,27,31H,1-2,6,8-11,14H2,(H,28,34)(H,29,32)(H,30,33)(H,35,36)/p+1. The fraction of sp³-hybridized carbons (Fsp3) is 0.440. The van der Waals surface area contributed by atoms with Crippen LogP contribution in [0.1, 0.15) is 37.7 Å². The molecule has 10 nitrogen and oxygen atoms in total. The van der Waals surface area contributed by atoms with Crippen molar-refractivity contribution in [3.63, 3.8) is 0 Å². The Morgan fingerprint density at radius 1 is 1.14 bits per heavy atom. The highest BCUT2D eigenvalue weighted by Gasteiger charge is 2.30. The van der Waals surface area contributed by atoms with Gasteiger partial charge in [-0.2, -0.15) is 0 Å². The maximum absolute atomic E-state index is 12.7. The molecule has 1 saturated heterocycles. The van der Waals surface area contributed by atoms with Crippen molar-refractivity contribution in [1.29, 1.82) is 0 Å². The van der Waals surface area contributed by atoms with Crippen molar-refractivity contribution >= 4 is 35.3 Å². The Kier molecular flexibility index (Phi) is 9.89. The van der Waals surface area contributed by atoms with E-state index in [-0.39, 0.29) is 54.6 Å². The first kappa shape index (κ1) is 27.2. The third kappa shape index (κ3) is 7.82. The van der Waals surface area contributed by atoms with E-state index in [1.807, 2.05) is 5.32 Å². The lowest BCUT2D eigenvalue weighted by Gasteiger charge is -2.23. The minimum atomic E-state index is -1.21. The van der Waals surface area contributed by atoms with Gasteiger partial charge in [-0.1, -0.05) is 29.8 Å². The van der Waals surface area contributed by atoms with E-state index in [1.54, 1.807) is 18.2 Å². The minimum Gasteiger partial charge on any atom is -0.508 e. The average Bonchev–Trinajstić information content (AvgIpc) is 2.86. The molecule has 3 atom stereocenters. The summed E-state index contributed by atoms with van der Waals surface area (Å²) in [5.41, 5.74) is 1.01. The summed E-state index contributed by atoms with van der Waals surface area (Å²) in [4.78, 5) is 49.1. The zero-order chi connectivity index (χ0) is 26.1. The zero-order valence-corrected chi connectivity index (χ0v) is 20.6. The highest BCUT2D eigenvalue weighted by Crippen LogP contribution is 2.27. The number of aliphatic carboxylic acids is 1. The summed E-state index contributed by atoms with van der Waals surface area (Å²) in [5.74, 6) is -3.00. The number of quaternary nitrogens is 1. The number of carbonyl (C=O) groups is 4. The maximum atomic E-state index is 12.7. The fourth-order valence-corrected chi connectivity index (χ4v) is 4.50. The van der Waals surface area contributed by atoms with E-state index < -0.39 is 23.8 Å². The molecule has 1 aromatic carbocycles. The van der Waals surface area contributed by atoms with Gasteiger partial charge in [0, 0.05) is 30.1 Å². The number of nitrogens with two attached hydrogens (primary N) is 1. The number of carboxylic acid groups (broad SMARTS) is 1. The van der Waals surface area contributed by atoms with Crippen LogP contribution >= 0.6 is 11.6 Å². The van der Waals surface area contributed by atoms with E-state index in [0.717, 1.165) is 31.4 Å². The van der Waals surface area contributed by atoms with E-state index in [9.17, 15) is 29.4 Å². The normalized spacial score (nSPS) is 20.4. The van der Waals surface area contributed by atoms with Crippen LogP contribution < -0.4 is 21.3 Å². The molecule has 0 spiro atoms. The van der Waals surface area contributed by atoms with Gasteiger partial charge in [0.25, 0.3) is 11.8 Å². The van der Waals surface area contributed by atoms with Crippen LogP contribution in [-0.4, -0.2) is 59.1 Å². The smallest absolute Gasteiger partial charge is 0.326 e. The Hall–Kier alpha value is -3.37. The molecular formula is C25H32ClN4O6+. The number of piperidine rings is 1. The molecule has 0 saturated carbocycles. The second kappa shape index (κ2) is 13.1. The Balaban J connectivity index is 1.47. The molecular weight excluding hydrogens is 488 g/mol. The van der Waals surface area contributed by atoms with Gasteiger partial charge in [-0.15, -0.1) is 0 Å². The summed E-state index contributed by atoms with van der Waals surface area (Å²) in [5, 5.41) is 29.1. The number of phenolic OH excluding ortho intramolecular Hbond substituents is 1. The number of hydrogen-bond donors (Lipinski definition) is 6. The first-order valence-electron chi connectivity index (χ1n) is 12.0. The van der Waals surface area contributed by atoms with Gasteiger partial charge in [-0.25, -0.2) is 4.79 Å². The lowest BCUT2D eigenvalue weighted by atomic mass is 9.94. The quantitative estimate of drug-likeness (QED) is 0.260. The first-order chi connectivity index (χ1) is 17.2. The number of phenols is 1. The summed E-state index contributed by atoms with van der Waals surface area (Å²) in [6, 6.07) is 5.16. The molecule has 7 N–H and O–H groups in total. The summed E-state index contributed by atoms with van der Waals surface area (Å²) in [7, 11) is 0. The summed E-state index contributed by atoms with van der Waals surface area (Å²) >= 11 is 6.29. The number of carboxylic acids is 1. The number of carbonyl (C=O) groups excluding carboxylic acids is 3. The first-order valence-corrected chi connectivity index (χ1v) is 12.4. The fourth-order valence-electron chi connectivity index (χ4n) is 4.19. The van der Waals surface area contributed by atoms with Crippen molar-refractivity contribution in [2.75, 3.05) is 13.1 Å². The Morgan fingerprint density at radius 2 is 1.94 bits per heavy atom. The van der Waals surface area contributed by atoms with E-state index in [2.05, 4.69) is 16.0 Å². The van der Waals surface area contributed by atoms with Crippen LogP contribution in [0.4, 0.5) is 0 Å². The minimum absolute atomic E-state index is 0.0339. The SMILES string of the molecule is O=C(NCc1cccc(O)c1)C1=CCC(C(=O)NC(CCNC(=O)C2CCCC[NH2+]2)C(=O)O)C(Cl)=C1. The van der Waals surface area contributed by atoms with E-state index in [4.69, 9.17) is 11.6 Å². The Morgan fingerprint density at radius 3 is 2.61 bits per heavy atom. The third-order valence-corrected chi connectivity index (χ3v) is 6.62. The second-order valence-electron chi connectivity index (χ2n) is 8.94. The van der Waals surface area contributed by atoms with Crippen LogP contribution in [0.5, 0.6) is 5.75 Å². The number of nitrogens with one attached hydrogen (secondary N) is 3. The summed E-state index contributed by atoms with van der Waals surface area (Å²) < 4.78 is 0. The molecule has 36 heavy (non-hydrogen) atoms. The van der Waals surface area contributed by atoms with Crippen LogP contribution in [0.2, 0.25) is 0 Å². The van der Waals surface area contributed by atoms with E-state index in [0.29, 0.717) is 5.57 Å². The van der Waals surface area contributed by atoms with Crippen LogP contribution in [-0.2, 0) is 25.7 Å². The average molecular weight is 520 g/mol. The molecule has 3 amide bonds. The molecule has 0 aromatic heterocycles. The molecule has 3 unspecified atom stereocenters. The number of benzene rings is 1. The van der Waals surface area contributed by atoms with Gasteiger partial charge in [0.05, 0.1) is 12.5 Å². The molecule has 0 radical (unpaired) electrons. The van der Waals surface area contributed by atoms with Crippen LogP contribution in [0, 0.1) is 5.92 Å². The summed E-state index contributed by atoms with van der Waals surface area (Å²) in [6.07, 6.45) is 6.00. The van der Waals surface area contributed by atoms with Crippen molar-refractivity contribution < 1.29 is 34.7 Å². The molecule has 1 aromatic rings. The van der Waals surface area contributed by atoms with Gasteiger partial charge in [0.15, 0.2) is 6.04 Å². The van der Waals surface area contributed by atoms with Crippen molar-refractivity contribution in [3.05, 3.63) is 52.6 Å². The number of hydrogen-bond acceptors (Lipinski definition) is 5. The van der Waals surface area contributed by atoms with Gasteiger partial charge in [-0.05, 0) is 49.5 Å². The van der Waals surface area contributed by atoms with Crippen molar-refractivity contribution in [1.82, 2.24) is 16.0 Å². The third-order valence-electron chi connectivity index (χ3n) is 6.25. The second-order valence-corrected chi connectivity index (χ2v) is 9.37. The number of amides is 3. The predicted molar refractivity (Wildman–Crippen MR) is 132 cm³/mol. The molecule has 2 aliphatic rings. The van der Waals surface area contributed by atoms with Gasteiger partial charge >= 0.3 is 5.97 Å². The predicted octanol–water partition coefficient (Wildman–Crippen LogP) is 0.269. The molecule has 194 valence electrons. The van der Waals surface area contributed by atoms with Gasteiger partial charge in [0.2, 0.25) is 5.91 Å². The van der Waals surface area contributed by atoms with Crippen molar-refractivity contribution in [3.8, 4) is 5.75 Å². The molecule has 0 bridgehead atoms. The van der Waals surface area contributed by atoms with E-state index in [1.165, 1.54) is 18.2 Å². The molecule has 1 heterocycles. The maximum Gasteiger partial charge on any atom is 0.326 e. The monoisotopic (exact) mass is 519 g/mol. The Bertz CT molecular complexity index is 1050. The van der Waals surface area contributed by atoms with E-state index >= 15 is 0 Å². The lowest BCUT2D eigenvalue weighted by Crippen LogP contribution is -2.94. The van der Waals surface area contributed by atoms with Gasteiger partial charge < -0.3 is 31.5 Å². The molecule has 1 aliphatic heterocycles. The summed E-state index contributed by atoms with van der Waals surface area (Å²) in [6.45, 7) is 1.23. The topological polar surface area (TPSA) is 161 Å². The van der Waals surface area contributed by atoms with Crippen LogP contribution in [0.15, 0.2) is 47.0 Å². The molecule has 3 rings (SSSR count). The van der Waals surface area contributed by atoms with Crippen molar-refractivity contribution in [2.45, 2.75) is 50.7 Å². The van der Waals surface area contributed by atoms with Gasteiger partial charge in [0.1, 0.15) is 11.8 Å². The van der Waals surface area contributed by atoms with Crippen LogP contribution in [0.25, 0.3) is 0 Å². The lowest BCUT2D eigenvalue weighted by molar-refractivity contribution is -0.684. The number of halogens is 1. The number of allylic oxidation sites excluding steroid dienone is 1. The van der Waals surface area contributed by atoms with Crippen LogP contribution in [0.3, 0.4) is 0 Å². The largest absolute Gasteiger partial charge is 0.508 e. The highest BCUT2D eigenvalue weighted by molar-refractivity contribution is 6.32. The highest BCUT2D eigenvalue weighted by atomic mass is 35.5. The van der Waals surface area contributed by atoms with Gasteiger partial charge in [-0.3, -0.25) is 14.4 Å². The zero-order valence-electron chi connectivity index (χ0n) is 19.8. The molecule has 1 aliphatic carbocycles. The molecule has 11 heteroatoms.